The van der Waals surface area contributed by atoms with Crippen LogP contribution in [-0.4, -0.2) is 22.0 Å². The van der Waals surface area contributed by atoms with Crippen LogP contribution in [-0.2, 0) is 0 Å². The first-order valence-corrected chi connectivity index (χ1v) is 5.85. The summed E-state index contributed by atoms with van der Waals surface area (Å²) in [4.78, 5) is 26.9. The number of benzene rings is 1. The highest BCUT2D eigenvalue weighted by Crippen LogP contribution is 2.21. The number of carboxylic acids is 1. The van der Waals surface area contributed by atoms with Crippen LogP contribution in [0.1, 0.15) is 26.4 Å². The highest BCUT2D eigenvalue weighted by Gasteiger charge is 2.17. The van der Waals surface area contributed by atoms with Crippen LogP contribution in [0, 0.1) is 18.6 Å². The molecule has 2 N–H and O–H groups in total. The number of aryl methyl sites for hydroxylation is 1. The highest BCUT2D eigenvalue weighted by molar-refractivity contribution is 6.07. The van der Waals surface area contributed by atoms with Gasteiger partial charge in [-0.1, -0.05) is 0 Å². The molecule has 0 aliphatic rings. The SMILES string of the molecule is Cc1ccc(C(=O)Nc2cc(F)c(F)cc2C(=O)O)cn1. The van der Waals surface area contributed by atoms with Crippen LogP contribution in [0.25, 0.3) is 0 Å². The predicted octanol–water partition coefficient (Wildman–Crippen LogP) is 2.62. The van der Waals surface area contributed by atoms with Crippen LogP contribution in [0.2, 0.25) is 0 Å². The van der Waals surface area contributed by atoms with Gasteiger partial charge in [0.2, 0.25) is 0 Å². The molecule has 0 saturated carbocycles. The van der Waals surface area contributed by atoms with Gasteiger partial charge in [-0.3, -0.25) is 9.78 Å². The second kappa shape index (κ2) is 5.66. The minimum atomic E-state index is -1.48. The summed E-state index contributed by atoms with van der Waals surface area (Å²) >= 11 is 0. The highest BCUT2D eigenvalue weighted by atomic mass is 19.2. The number of carbonyl (C=O) groups is 2. The fourth-order valence-electron chi connectivity index (χ4n) is 1.62. The lowest BCUT2D eigenvalue weighted by molar-refractivity contribution is 0.0697. The Hall–Kier alpha value is -2.83. The summed E-state index contributed by atoms with van der Waals surface area (Å²) < 4.78 is 26.3. The Morgan fingerprint density at radius 3 is 2.43 bits per heavy atom. The number of hydrogen-bond donors (Lipinski definition) is 2. The second-order valence-corrected chi connectivity index (χ2v) is 4.26. The van der Waals surface area contributed by atoms with E-state index in [1.165, 1.54) is 12.3 Å². The van der Waals surface area contributed by atoms with Crippen molar-refractivity contribution in [3.63, 3.8) is 0 Å². The first-order chi connectivity index (χ1) is 9.88. The van der Waals surface area contributed by atoms with Crippen molar-refractivity contribution in [3.05, 3.63) is 58.9 Å². The van der Waals surface area contributed by atoms with E-state index in [9.17, 15) is 18.4 Å². The van der Waals surface area contributed by atoms with Gasteiger partial charge in [0.25, 0.3) is 5.91 Å². The van der Waals surface area contributed by atoms with Gasteiger partial charge in [-0.25, -0.2) is 13.6 Å². The van der Waals surface area contributed by atoms with Crippen LogP contribution in [0.15, 0.2) is 30.5 Å². The van der Waals surface area contributed by atoms with Gasteiger partial charge in [0.15, 0.2) is 11.6 Å². The van der Waals surface area contributed by atoms with Crippen LogP contribution in [0.3, 0.4) is 0 Å². The van der Waals surface area contributed by atoms with Crippen molar-refractivity contribution in [1.29, 1.82) is 0 Å². The van der Waals surface area contributed by atoms with Crippen molar-refractivity contribution in [1.82, 2.24) is 4.98 Å². The van der Waals surface area contributed by atoms with E-state index in [2.05, 4.69) is 10.3 Å². The number of nitrogens with one attached hydrogen (secondary N) is 1. The third kappa shape index (κ3) is 3.19. The van der Waals surface area contributed by atoms with Crippen LogP contribution in [0.4, 0.5) is 14.5 Å². The lowest BCUT2D eigenvalue weighted by Gasteiger charge is -2.09. The van der Waals surface area contributed by atoms with Crippen LogP contribution < -0.4 is 5.32 Å². The summed E-state index contributed by atoms with van der Waals surface area (Å²) in [5.41, 5.74) is 0.00145. The van der Waals surface area contributed by atoms with E-state index in [4.69, 9.17) is 5.11 Å². The number of hydrogen-bond acceptors (Lipinski definition) is 3. The summed E-state index contributed by atoms with van der Waals surface area (Å²) in [6, 6.07) is 4.22. The number of amides is 1. The van der Waals surface area contributed by atoms with Gasteiger partial charge >= 0.3 is 5.97 Å². The van der Waals surface area contributed by atoms with E-state index < -0.39 is 29.1 Å². The van der Waals surface area contributed by atoms with Gasteiger partial charge in [-0.2, -0.15) is 0 Å². The Morgan fingerprint density at radius 2 is 1.86 bits per heavy atom. The summed E-state index contributed by atoms with van der Waals surface area (Å²) in [7, 11) is 0. The zero-order chi connectivity index (χ0) is 15.6. The van der Waals surface area contributed by atoms with Gasteiger partial charge < -0.3 is 10.4 Å². The number of aromatic carboxylic acids is 1. The van der Waals surface area contributed by atoms with Gasteiger partial charge in [0.05, 0.1) is 16.8 Å². The number of carbonyl (C=O) groups excluding carboxylic acids is 1. The summed E-state index contributed by atoms with van der Waals surface area (Å²) in [5, 5.41) is 11.2. The minimum Gasteiger partial charge on any atom is -0.478 e. The number of nitrogens with zero attached hydrogens (tertiary/aromatic N) is 1. The molecule has 108 valence electrons. The molecule has 1 aromatic carbocycles. The molecular formula is C14H10F2N2O3. The van der Waals surface area contributed by atoms with Crippen molar-refractivity contribution >= 4 is 17.6 Å². The number of aromatic nitrogens is 1. The summed E-state index contributed by atoms with van der Waals surface area (Å²) in [5.74, 6) is -4.71. The molecule has 21 heavy (non-hydrogen) atoms. The van der Waals surface area contributed by atoms with E-state index in [1.807, 2.05) is 0 Å². The third-order valence-corrected chi connectivity index (χ3v) is 2.71. The summed E-state index contributed by atoms with van der Waals surface area (Å²) in [6.07, 6.45) is 1.30. The molecule has 1 heterocycles. The molecule has 0 aliphatic carbocycles. The van der Waals surface area contributed by atoms with Crippen molar-refractivity contribution in [2.45, 2.75) is 6.92 Å². The quantitative estimate of drug-likeness (QED) is 0.911. The van der Waals surface area contributed by atoms with E-state index >= 15 is 0 Å². The Balaban J connectivity index is 2.34. The maximum absolute atomic E-state index is 13.2. The number of anilines is 1. The van der Waals surface area contributed by atoms with E-state index in [1.54, 1.807) is 13.0 Å². The molecule has 0 spiro atoms. The van der Waals surface area contributed by atoms with Gasteiger partial charge in [0, 0.05) is 18.0 Å². The molecule has 0 bridgehead atoms. The fourth-order valence-corrected chi connectivity index (χ4v) is 1.62. The molecule has 0 atom stereocenters. The predicted molar refractivity (Wildman–Crippen MR) is 70.2 cm³/mol. The first-order valence-electron chi connectivity index (χ1n) is 5.85. The third-order valence-electron chi connectivity index (χ3n) is 2.71. The van der Waals surface area contributed by atoms with E-state index in [0.717, 1.165) is 0 Å². The number of pyridine rings is 1. The molecule has 7 heteroatoms. The molecule has 0 fully saturated rings. The average molecular weight is 292 g/mol. The molecular weight excluding hydrogens is 282 g/mol. The number of halogens is 2. The van der Waals surface area contributed by atoms with E-state index in [0.29, 0.717) is 17.8 Å². The maximum Gasteiger partial charge on any atom is 0.337 e. The van der Waals surface area contributed by atoms with Crippen molar-refractivity contribution in [2.24, 2.45) is 0 Å². The Kier molecular flexibility index (Phi) is 3.93. The zero-order valence-corrected chi connectivity index (χ0v) is 10.9. The molecule has 0 unspecified atom stereocenters. The van der Waals surface area contributed by atoms with Crippen molar-refractivity contribution in [3.8, 4) is 0 Å². The molecule has 0 saturated heterocycles. The Morgan fingerprint density at radius 1 is 1.19 bits per heavy atom. The molecule has 1 amide bonds. The molecule has 5 nitrogen and oxygen atoms in total. The van der Waals surface area contributed by atoms with Crippen molar-refractivity contribution in [2.75, 3.05) is 5.32 Å². The zero-order valence-electron chi connectivity index (χ0n) is 10.9. The molecule has 2 aromatic rings. The fraction of sp³-hybridized carbons (Fsp3) is 0.0714. The molecule has 0 radical (unpaired) electrons. The van der Waals surface area contributed by atoms with Crippen molar-refractivity contribution < 1.29 is 23.5 Å². The Labute approximate surface area is 118 Å². The number of rotatable bonds is 3. The van der Waals surface area contributed by atoms with Gasteiger partial charge in [-0.15, -0.1) is 0 Å². The Bertz CT molecular complexity index is 715. The molecule has 2 rings (SSSR count). The first kappa shape index (κ1) is 14.6. The molecule has 0 aliphatic heterocycles. The lowest BCUT2D eigenvalue weighted by Crippen LogP contribution is -2.16. The van der Waals surface area contributed by atoms with Gasteiger partial charge in [-0.05, 0) is 25.1 Å². The average Bonchev–Trinajstić information content (AvgIpc) is 2.43. The smallest absolute Gasteiger partial charge is 0.337 e. The topological polar surface area (TPSA) is 79.3 Å². The van der Waals surface area contributed by atoms with Crippen LogP contribution in [0.5, 0.6) is 0 Å². The minimum absolute atomic E-state index is 0.168. The molecule has 1 aromatic heterocycles. The standard InChI is InChI=1S/C14H10F2N2O3/c1-7-2-3-8(6-17-7)13(19)18-12-5-11(16)10(15)4-9(12)14(20)21/h2-6H,1H3,(H,18,19)(H,20,21). The lowest BCUT2D eigenvalue weighted by atomic mass is 10.1. The van der Waals surface area contributed by atoms with Crippen LogP contribution >= 0.6 is 0 Å². The normalized spacial score (nSPS) is 10.2. The second-order valence-electron chi connectivity index (χ2n) is 4.26. The largest absolute Gasteiger partial charge is 0.478 e. The van der Waals surface area contributed by atoms with Gasteiger partial charge in [0.1, 0.15) is 0 Å². The monoisotopic (exact) mass is 292 g/mol. The number of carboxylic acid groups (broad SMARTS) is 1. The summed E-state index contributed by atoms with van der Waals surface area (Å²) in [6.45, 7) is 1.74. The van der Waals surface area contributed by atoms with E-state index in [-0.39, 0.29) is 11.3 Å². The maximum atomic E-state index is 13.2.